The zero-order chi connectivity index (χ0) is 13.7. The van der Waals surface area contributed by atoms with Crippen LogP contribution < -0.4 is 5.32 Å². The van der Waals surface area contributed by atoms with E-state index in [1.807, 2.05) is 19.1 Å². The average Bonchev–Trinajstić information content (AvgIpc) is 2.85. The molecule has 0 bridgehead atoms. The number of nitrogens with one attached hydrogen (secondary N) is 1. The van der Waals surface area contributed by atoms with Gasteiger partial charge < -0.3 is 10.4 Å². The molecule has 0 atom stereocenters. The lowest BCUT2D eigenvalue weighted by Crippen LogP contribution is -2.24. The van der Waals surface area contributed by atoms with Gasteiger partial charge >= 0.3 is 0 Å². The van der Waals surface area contributed by atoms with Crippen LogP contribution in [0.5, 0.6) is 0 Å². The maximum absolute atomic E-state index is 11.9. The molecule has 0 saturated carbocycles. The van der Waals surface area contributed by atoms with Crippen molar-refractivity contribution in [2.24, 2.45) is 0 Å². The molecule has 0 unspecified atom stereocenters. The predicted octanol–water partition coefficient (Wildman–Crippen LogP) is 1.49. The van der Waals surface area contributed by atoms with E-state index in [1.165, 1.54) is 11.3 Å². The molecule has 2 aromatic rings. The van der Waals surface area contributed by atoms with Crippen LogP contribution in [0.15, 0.2) is 24.5 Å². The molecule has 0 aliphatic rings. The smallest absolute Gasteiger partial charge is 0.271 e. The first kappa shape index (κ1) is 13.6. The van der Waals surface area contributed by atoms with E-state index in [2.05, 4.69) is 15.3 Å². The molecule has 0 spiro atoms. The van der Waals surface area contributed by atoms with Crippen molar-refractivity contribution in [1.29, 1.82) is 0 Å². The monoisotopic (exact) mass is 277 g/mol. The maximum Gasteiger partial charge on any atom is 0.271 e. The molecule has 2 rings (SSSR count). The second-order valence-corrected chi connectivity index (χ2v) is 4.94. The number of aliphatic hydroxyl groups is 1. The molecule has 100 valence electrons. The number of thiazole rings is 1. The topological polar surface area (TPSA) is 75.1 Å². The number of hydrogen-bond acceptors (Lipinski definition) is 5. The third-order valence-corrected chi connectivity index (χ3v) is 3.68. The van der Waals surface area contributed by atoms with Crippen molar-refractivity contribution >= 4 is 17.2 Å². The molecule has 2 N–H and O–H groups in total. The van der Waals surface area contributed by atoms with Gasteiger partial charge in [-0.15, -0.1) is 11.3 Å². The molecule has 0 aliphatic carbocycles. The van der Waals surface area contributed by atoms with Crippen molar-refractivity contribution in [3.05, 3.63) is 35.1 Å². The van der Waals surface area contributed by atoms with Gasteiger partial charge in [-0.2, -0.15) is 0 Å². The Balaban J connectivity index is 2.37. The summed E-state index contributed by atoms with van der Waals surface area (Å²) in [6.07, 6.45) is 3.82. The molecule has 0 aliphatic heterocycles. The highest BCUT2D eigenvalue weighted by atomic mass is 32.1. The van der Waals surface area contributed by atoms with E-state index < -0.39 is 0 Å². The zero-order valence-electron chi connectivity index (χ0n) is 10.6. The molecule has 0 radical (unpaired) electrons. The lowest BCUT2D eigenvalue weighted by Gasteiger charge is -2.00. The fraction of sp³-hybridized carbons (Fsp3) is 0.308. The minimum Gasteiger partial charge on any atom is -0.396 e. The zero-order valence-corrected chi connectivity index (χ0v) is 11.4. The summed E-state index contributed by atoms with van der Waals surface area (Å²) in [4.78, 5) is 21.1. The summed E-state index contributed by atoms with van der Waals surface area (Å²) in [5.41, 5.74) is 1.34. The summed E-state index contributed by atoms with van der Waals surface area (Å²) in [6, 6.07) is 3.70. The van der Waals surface area contributed by atoms with Gasteiger partial charge in [0, 0.05) is 42.4 Å². The number of aromatic nitrogens is 2. The van der Waals surface area contributed by atoms with Crippen molar-refractivity contribution in [2.45, 2.75) is 13.3 Å². The van der Waals surface area contributed by atoms with Gasteiger partial charge in [0.05, 0.1) is 0 Å². The van der Waals surface area contributed by atoms with Gasteiger partial charge in [-0.25, -0.2) is 4.98 Å². The largest absolute Gasteiger partial charge is 0.396 e. The molecule has 0 aromatic carbocycles. The van der Waals surface area contributed by atoms with Crippen LogP contribution in [0.1, 0.15) is 22.3 Å². The summed E-state index contributed by atoms with van der Waals surface area (Å²) in [7, 11) is 0. The molecular formula is C13H15N3O2S. The third kappa shape index (κ3) is 3.15. The van der Waals surface area contributed by atoms with Crippen LogP contribution in [0.3, 0.4) is 0 Å². The summed E-state index contributed by atoms with van der Waals surface area (Å²) in [5.74, 6) is -0.192. The van der Waals surface area contributed by atoms with Crippen molar-refractivity contribution in [3.63, 3.8) is 0 Å². The number of rotatable bonds is 5. The molecule has 0 fully saturated rings. The van der Waals surface area contributed by atoms with Crippen LogP contribution in [0.4, 0.5) is 0 Å². The van der Waals surface area contributed by atoms with E-state index >= 15 is 0 Å². The van der Waals surface area contributed by atoms with E-state index in [-0.39, 0.29) is 12.5 Å². The minimum atomic E-state index is -0.192. The van der Waals surface area contributed by atoms with Gasteiger partial charge in [0.15, 0.2) is 0 Å². The Morgan fingerprint density at radius 3 is 2.79 bits per heavy atom. The van der Waals surface area contributed by atoms with Gasteiger partial charge in [-0.1, -0.05) is 0 Å². The van der Waals surface area contributed by atoms with Crippen molar-refractivity contribution in [2.75, 3.05) is 13.2 Å². The first-order chi connectivity index (χ1) is 9.26. The standard InChI is InChI=1S/C13H15N3O2S/c1-2-15-12(18)11-10(5-8-17)19-13(16-11)9-3-6-14-7-4-9/h3-4,6-7,17H,2,5,8H2,1H3,(H,15,18). The van der Waals surface area contributed by atoms with E-state index in [1.54, 1.807) is 12.4 Å². The molecule has 1 amide bonds. The highest BCUT2D eigenvalue weighted by Gasteiger charge is 2.17. The number of nitrogens with zero attached hydrogens (tertiary/aromatic N) is 2. The molecular weight excluding hydrogens is 262 g/mol. The van der Waals surface area contributed by atoms with Gasteiger partial charge in [0.1, 0.15) is 10.7 Å². The van der Waals surface area contributed by atoms with Crippen molar-refractivity contribution in [3.8, 4) is 10.6 Å². The Kier molecular flexibility index (Phi) is 4.59. The van der Waals surface area contributed by atoms with Crippen LogP contribution in [-0.2, 0) is 6.42 Å². The lowest BCUT2D eigenvalue weighted by molar-refractivity contribution is 0.0950. The number of aliphatic hydroxyl groups excluding tert-OH is 1. The molecule has 0 saturated heterocycles. The number of carbonyl (C=O) groups is 1. The Hall–Kier alpha value is -1.79. The van der Waals surface area contributed by atoms with Crippen LogP contribution in [-0.4, -0.2) is 34.1 Å². The fourth-order valence-corrected chi connectivity index (χ4v) is 2.71. The predicted molar refractivity (Wildman–Crippen MR) is 74.1 cm³/mol. The number of pyridine rings is 1. The summed E-state index contributed by atoms with van der Waals surface area (Å²) < 4.78 is 0. The number of hydrogen-bond donors (Lipinski definition) is 2. The fourth-order valence-electron chi connectivity index (χ4n) is 1.66. The van der Waals surface area contributed by atoms with Gasteiger partial charge in [-0.3, -0.25) is 9.78 Å². The molecule has 19 heavy (non-hydrogen) atoms. The van der Waals surface area contributed by atoms with Crippen molar-refractivity contribution < 1.29 is 9.90 Å². The highest BCUT2D eigenvalue weighted by molar-refractivity contribution is 7.15. The molecule has 2 heterocycles. The highest BCUT2D eigenvalue weighted by Crippen LogP contribution is 2.28. The molecule has 6 heteroatoms. The lowest BCUT2D eigenvalue weighted by atomic mass is 10.2. The average molecular weight is 277 g/mol. The Labute approximate surface area is 115 Å². The third-order valence-electron chi connectivity index (χ3n) is 2.52. The van der Waals surface area contributed by atoms with Gasteiger partial charge in [-0.05, 0) is 19.1 Å². The van der Waals surface area contributed by atoms with E-state index in [4.69, 9.17) is 5.11 Å². The van der Waals surface area contributed by atoms with Crippen LogP contribution >= 0.6 is 11.3 Å². The minimum absolute atomic E-state index is 0.00435. The summed E-state index contributed by atoms with van der Waals surface area (Å²) >= 11 is 1.43. The number of amides is 1. The van der Waals surface area contributed by atoms with Crippen molar-refractivity contribution in [1.82, 2.24) is 15.3 Å². The normalized spacial score (nSPS) is 10.4. The summed E-state index contributed by atoms with van der Waals surface area (Å²) in [6.45, 7) is 2.42. The van der Waals surface area contributed by atoms with Crippen LogP contribution in [0, 0.1) is 0 Å². The first-order valence-electron chi connectivity index (χ1n) is 6.05. The van der Waals surface area contributed by atoms with E-state index in [0.29, 0.717) is 18.7 Å². The Bertz CT molecular complexity index is 554. The molecule has 2 aromatic heterocycles. The van der Waals surface area contributed by atoms with Crippen LogP contribution in [0.2, 0.25) is 0 Å². The Morgan fingerprint density at radius 1 is 1.42 bits per heavy atom. The summed E-state index contributed by atoms with van der Waals surface area (Å²) in [5, 5.41) is 12.6. The van der Waals surface area contributed by atoms with Gasteiger partial charge in [0.25, 0.3) is 5.91 Å². The SMILES string of the molecule is CCNC(=O)c1nc(-c2ccncc2)sc1CCO. The second-order valence-electron chi connectivity index (χ2n) is 3.86. The van der Waals surface area contributed by atoms with Gasteiger partial charge in [0.2, 0.25) is 0 Å². The number of carbonyl (C=O) groups excluding carboxylic acids is 1. The second kappa shape index (κ2) is 6.40. The Morgan fingerprint density at radius 2 is 2.16 bits per heavy atom. The first-order valence-corrected chi connectivity index (χ1v) is 6.87. The van der Waals surface area contributed by atoms with E-state index in [0.717, 1.165) is 15.4 Å². The van der Waals surface area contributed by atoms with Crippen LogP contribution in [0.25, 0.3) is 10.6 Å². The maximum atomic E-state index is 11.9. The van der Waals surface area contributed by atoms with E-state index in [9.17, 15) is 4.79 Å². The molecule has 5 nitrogen and oxygen atoms in total. The quantitative estimate of drug-likeness (QED) is 0.868.